The van der Waals surface area contributed by atoms with Gasteiger partial charge in [-0.25, -0.2) is 9.36 Å². The quantitative estimate of drug-likeness (QED) is 0.764. The van der Waals surface area contributed by atoms with Crippen LogP contribution in [0.15, 0.2) is 18.2 Å². The normalized spacial score (nSPS) is 21.5. The average molecular weight is 376 g/mol. The molecule has 1 saturated heterocycles. The summed E-state index contributed by atoms with van der Waals surface area (Å²) in [6, 6.07) is 5.99. The minimum absolute atomic E-state index is 0.124. The SMILES string of the molecule is CC(C)(C)OC(=O)Nc1cccc2[n+]1[C@@H]1CN(C(=O)OC(C)(C)C)C[C@@H]1C2. The molecule has 2 aliphatic rings. The molecule has 2 aliphatic heterocycles. The van der Waals surface area contributed by atoms with Crippen LogP contribution in [-0.2, 0) is 15.9 Å². The van der Waals surface area contributed by atoms with Gasteiger partial charge in [-0.2, -0.15) is 10.1 Å². The number of aromatic nitrogens is 1. The second-order valence-corrected chi connectivity index (χ2v) is 9.32. The van der Waals surface area contributed by atoms with Crippen molar-refractivity contribution in [1.82, 2.24) is 4.90 Å². The Kier molecular flexibility index (Phi) is 4.82. The van der Waals surface area contributed by atoms with E-state index in [2.05, 4.69) is 16.0 Å². The van der Waals surface area contributed by atoms with Crippen molar-refractivity contribution >= 4 is 18.0 Å². The number of pyridine rings is 1. The van der Waals surface area contributed by atoms with Crippen molar-refractivity contribution < 1.29 is 23.6 Å². The van der Waals surface area contributed by atoms with Gasteiger partial charge in [0, 0.05) is 24.9 Å². The Morgan fingerprint density at radius 2 is 1.74 bits per heavy atom. The van der Waals surface area contributed by atoms with Crippen LogP contribution in [0.3, 0.4) is 0 Å². The Balaban J connectivity index is 1.75. The molecule has 148 valence electrons. The standard InChI is InChI=1S/C20H29N3O4/c1-19(2,3)26-17(24)21-16-9-7-8-14-10-13-11-22(12-15(13)23(14)16)18(25)27-20(4,5)6/h7-9,13,15H,10-12H2,1-6H3/p+1/t13-,15+/m0/s1. The maximum absolute atomic E-state index is 12.4. The van der Waals surface area contributed by atoms with Gasteiger partial charge in [0.2, 0.25) is 0 Å². The van der Waals surface area contributed by atoms with Crippen LogP contribution < -0.4 is 9.88 Å². The highest BCUT2D eigenvalue weighted by atomic mass is 16.6. The van der Waals surface area contributed by atoms with Gasteiger partial charge in [0.05, 0.1) is 6.54 Å². The molecule has 1 N–H and O–H groups in total. The molecule has 7 heteroatoms. The van der Waals surface area contributed by atoms with Crippen LogP contribution in [0.25, 0.3) is 0 Å². The molecule has 7 nitrogen and oxygen atoms in total. The van der Waals surface area contributed by atoms with Gasteiger partial charge in [0.25, 0.3) is 5.82 Å². The molecule has 0 aromatic carbocycles. The van der Waals surface area contributed by atoms with Crippen molar-refractivity contribution in [3.8, 4) is 0 Å². The summed E-state index contributed by atoms with van der Waals surface area (Å²) in [7, 11) is 0. The molecular weight excluding hydrogens is 346 g/mol. The van der Waals surface area contributed by atoms with Crippen LogP contribution in [0.4, 0.5) is 15.4 Å². The largest absolute Gasteiger partial charge is 0.505 e. The second-order valence-electron chi connectivity index (χ2n) is 9.32. The highest BCUT2D eigenvalue weighted by Crippen LogP contribution is 2.34. The minimum Gasteiger partial charge on any atom is -0.444 e. The first-order valence-corrected chi connectivity index (χ1v) is 9.44. The summed E-state index contributed by atoms with van der Waals surface area (Å²) in [6.07, 6.45) is 0.110. The molecule has 3 heterocycles. The summed E-state index contributed by atoms with van der Waals surface area (Å²) in [4.78, 5) is 26.4. The first-order valence-electron chi connectivity index (χ1n) is 9.44. The van der Waals surface area contributed by atoms with Crippen molar-refractivity contribution in [3.63, 3.8) is 0 Å². The van der Waals surface area contributed by atoms with Gasteiger partial charge < -0.3 is 14.4 Å². The number of hydrogen-bond donors (Lipinski definition) is 1. The van der Waals surface area contributed by atoms with E-state index < -0.39 is 17.3 Å². The van der Waals surface area contributed by atoms with E-state index in [4.69, 9.17) is 9.47 Å². The maximum atomic E-state index is 12.4. The molecule has 3 rings (SSSR count). The Morgan fingerprint density at radius 1 is 1.07 bits per heavy atom. The zero-order valence-corrected chi connectivity index (χ0v) is 17.0. The number of amides is 2. The van der Waals surface area contributed by atoms with Crippen LogP contribution in [0.5, 0.6) is 0 Å². The number of hydrogen-bond acceptors (Lipinski definition) is 4. The van der Waals surface area contributed by atoms with Gasteiger partial charge in [-0.15, -0.1) is 0 Å². The van der Waals surface area contributed by atoms with Gasteiger partial charge in [0.1, 0.15) is 22.9 Å². The minimum atomic E-state index is -0.559. The maximum Gasteiger partial charge on any atom is 0.505 e. The number of carbonyl (C=O) groups is 2. The van der Waals surface area contributed by atoms with E-state index in [1.165, 1.54) is 0 Å². The molecule has 0 bridgehead atoms. The highest BCUT2D eigenvalue weighted by Gasteiger charge is 2.47. The first kappa shape index (κ1) is 19.5. The Hall–Kier alpha value is -2.31. The van der Waals surface area contributed by atoms with Crippen LogP contribution in [0.1, 0.15) is 53.3 Å². The van der Waals surface area contributed by atoms with Crippen molar-refractivity contribution in [1.29, 1.82) is 0 Å². The van der Waals surface area contributed by atoms with Crippen molar-refractivity contribution in [2.75, 3.05) is 18.4 Å². The van der Waals surface area contributed by atoms with E-state index in [1.54, 1.807) is 4.90 Å². The lowest BCUT2D eigenvalue weighted by molar-refractivity contribution is -0.703. The number of ether oxygens (including phenoxy) is 2. The van der Waals surface area contributed by atoms with Crippen LogP contribution >= 0.6 is 0 Å². The lowest BCUT2D eigenvalue weighted by Gasteiger charge is -2.24. The molecule has 27 heavy (non-hydrogen) atoms. The number of fused-ring (bicyclic) bond motifs is 3. The van der Waals surface area contributed by atoms with Gasteiger partial charge in [0.15, 0.2) is 0 Å². The Morgan fingerprint density at radius 3 is 2.37 bits per heavy atom. The molecule has 2 amide bonds. The summed E-state index contributed by atoms with van der Waals surface area (Å²) in [5.74, 6) is 1.01. The Labute approximate surface area is 160 Å². The van der Waals surface area contributed by atoms with Gasteiger partial charge >= 0.3 is 12.2 Å². The van der Waals surface area contributed by atoms with E-state index in [0.717, 1.165) is 12.1 Å². The van der Waals surface area contributed by atoms with Crippen LogP contribution in [0, 0.1) is 5.92 Å². The Bertz CT molecular complexity index is 749. The number of carbonyl (C=O) groups excluding carboxylic acids is 2. The van der Waals surface area contributed by atoms with E-state index in [1.807, 2.05) is 53.7 Å². The predicted molar refractivity (Wildman–Crippen MR) is 101 cm³/mol. The molecule has 0 saturated carbocycles. The fourth-order valence-corrected chi connectivity index (χ4v) is 3.73. The summed E-state index contributed by atoms with van der Waals surface area (Å²) < 4.78 is 13.0. The molecule has 0 radical (unpaired) electrons. The van der Waals surface area contributed by atoms with Crippen molar-refractivity contribution in [3.05, 3.63) is 23.9 Å². The smallest absolute Gasteiger partial charge is 0.444 e. The molecule has 1 aromatic rings. The van der Waals surface area contributed by atoms with Gasteiger partial charge in [-0.3, -0.25) is 0 Å². The molecule has 1 fully saturated rings. The molecular formula is C20H30N3O4+. The van der Waals surface area contributed by atoms with Gasteiger partial charge in [-0.05, 0) is 47.6 Å². The molecule has 0 aliphatic carbocycles. The average Bonchev–Trinajstić information content (AvgIpc) is 3.00. The van der Waals surface area contributed by atoms with Crippen molar-refractivity contribution in [2.45, 2.75) is 65.2 Å². The van der Waals surface area contributed by atoms with Crippen LogP contribution in [0.2, 0.25) is 0 Å². The number of nitrogens with one attached hydrogen (secondary N) is 1. The third-order valence-electron chi connectivity index (χ3n) is 4.60. The lowest BCUT2D eigenvalue weighted by Crippen LogP contribution is -2.46. The molecule has 2 atom stereocenters. The number of anilines is 1. The highest BCUT2D eigenvalue weighted by molar-refractivity contribution is 5.82. The molecule has 1 aromatic heterocycles. The van der Waals surface area contributed by atoms with Gasteiger partial charge in [-0.1, -0.05) is 6.07 Å². The lowest BCUT2D eigenvalue weighted by atomic mass is 10.0. The summed E-state index contributed by atoms with van der Waals surface area (Å²) in [5, 5.41) is 2.86. The molecule has 0 spiro atoms. The monoisotopic (exact) mass is 376 g/mol. The van der Waals surface area contributed by atoms with Crippen molar-refractivity contribution in [2.24, 2.45) is 5.92 Å². The second kappa shape index (κ2) is 6.69. The summed E-state index contributed by atoms with van der Waals surface area (Å²) in [6.45, 7) is 12.3. The van der Waals surface area contributed by atoms with Crippen LogP contribution in [-0.4, -0.2) is 41.4 Å². The third kappa shape index (κ3) is 4.51. The molecule has 0 unspecified atom stereocenters. The van der Waals surface area contributed by atoms with E-state index in [0.29, 0.717) is 24.8 Å². The van der Waals surface area contributed by atoms with E-state index in [9.17, 15) is 9.59 Å². The van der Waals surface area contributed by atoms with E-state index in [-0.39, 0.29) is 12.1 Å². The zero-order valence-electron chi connectivity index (χ0n) is 17.0. The third-order valence-corrected chi connectivity index (χ3v) is 4.60. The summed E-state index contributed by atoms with van der Waals surface area (Å²) >= 11 is 0. The van der Waals surface area contributed by atoms with E-state index >= 15 is 0 Å². The fourth-order valence-electron chi connectivity index (χ4n) is 3.73. The fraction of sp³-hybridized carbons (Fsp3) is 0.650. The number of rotatable bonds is 1. The summed E-state index contributed by atoms with van der Waals surface area (Å²) in [5.41, 5.74) is 0.0849. The zero-order chi connectivity index (χ0) is 20.0. The topological polar surface area (TPSA) is 71.8 Å². The number of nitrogens with zero attached hydrogens (tertiary/aromatic N) is 2. The number of likely N-dealkylation sites (tertiary alicyclic amines) is 1. The predicted octanol–water partition coefficient (Wildman–Crippen LogP) is 3.29. The first-order chi connectivity index (χ1) is 12.4.